The molecular weight excluding hydrogens is 404 g/mol. The molecule has 1 N–H and O–H groups in total. The highest BCUT2D eigenvalue weighted by Gasteiger charge is 2.28. The first-order chi connectivity index (χ1) is 14.4. The Labute approximate surface area is 177 Å². The van der Waals surface area contributed by atoms with Crippen LogP contribution in [0.25, 0.3) is 0 Å². The molecule has 1 atom stereocenters. The standard InChI is InChI=1S/C20H24N6O3S/c1-12-4-6-15(10-13(12)2)29-9-8-17-22-23-19(30-17)21-18(27)14-5-7-16-24-25(3)20(28)26(16)11-14/h4,6,10,14H,5,7-9,11H2,1-3H3,(H,21,23,27). The van der Waals surface area contributed by atoms with Crippen LogP contribution in [-0.2, 0) is 31.2 Å². The molecule has 4 rings (SSSR count). The molecule has 9 nitrogen and oxygen atoms in total. The van der Waals surface area contributed by atoms with Crippen LogP contribution in [0.2, 0.25) is 0 Å². The normalized spacial score (nSPS) is 15.6. The molecule has 158 valence electrons. The number of carbonyl (C=O) groups excluding carboxylic acids is 1. The van der Waals surface area contributed by atoms with Crippen molar-refractivity contribution in [1.29, 1.82) is 0 Å². The Kier molecular flexibility index (Phi) is 5.67. The smallest absolute Gasteiger partial charge is 0.345 e. The van der Waals surface area contributed by atoms with Crippen LogP contribution < -0.4 is 15.7 Å². The van der Waals surface area contributed by atoms with Crippen molar-refractivity contribution in [3.63, 3.8) is 0 Å². The van der Waals surface area contributed by atoms with Gasteiger partial charge in [-0.25, -0.2) is 9.48 Å². The van der Waals surface area contributed by atoms with Crippen LogP contribution in [-0.4, -0.2) is 37.1 Å². The summed E-state index contributed by atoms with van der Waals surface area (Å²) < 4.78 is 8.67. The summed E-state index contributed by atoms with van der Waals surface area (Å²) in [7, 11) is 1.62. The van der Waals surface area contributed by atoms with Gasteiger partial charge in [-0.05, 0) is 43.5 Å². The SMILES string of the molecule is Cc1ccc(OCCc2nnc(NC(=O)C3CCc4nn(C)c(=O)n4C3)s2)cc1C. The number of benzene rings is 1. The number of hydrogen-bond donors (Lipinski definition) is 1. The zero-order chi connectivity index (χ0) is 21.3. The maximum atomic E-state index is 12.6. The van der Waals surface area contributed by atoms with Crippen molar-refractivity contribution in [3.8, 4) is 5.75 Å². The van der Waals surface area contributed by atoms with Crippen molar-refractivity contribution in [2.45, 2.75) is 39.7 Å². The topological polar surface area (TPSA) is 104 Å². The fourth-order valence-electron chi connectivity index (χ4n) is 3.42. The largest absolute Gasteiger partial charge is 0.493 e. The zero-order valence-corrected chi connectivity index (χ0v) is 18.0. The molecule has 30 heavy (non-hydrogen) atoms. The van der Waals surface area contributed by atoms with E-state index in [1.807, 2.05) is 18.2 Å². The molecule has 0 spiro atoms. The molecule has 3 aromatic rings. The quantitative estimate of drug-likeness (QED) is 0.643. The number of rotatable bonds is 6. The molecule has 0 radical (unpaired) electrons. The van der Waals surface area contributed by atoms with Crippen LogP contribution in [0.1, 0.15) is 28.4 Å². The average Bonchev–Trinajstić information content (AvgIpc) is 3.28. The van der Waals surface area contributed by atoms with Crippen molar-refractivity contribution in [2.24, 2.45) is 13.0 Å². The molecule has 0 saturated carbocycles. The van der Waals surface area contributed by atoms with Gasteiger partial charge in [0.05, 0.1) is 12.5 Å². The lowest BCUT2D eigenvalue weighted by Gasteiger charge is -2.20. The van der Waals surface area contributed by atoms with Crippen LogP contribution in [0.15, 0.2) is 23.0 Å². The second-order valence-electron chi connectivity index (χ2n) is 7.50. The van der Waals surface area contributed by atoms with Crippen molar-refractivity contribution < 1.29 is 9.53 Å². The van der Waals surface area contributed by atoms with E-state index in [4.69, 9.17) is 4.74 Å². The van der Waals surface area contributed by atoms with E-state index < -0.39 is 0 Å². The van der Waals surface area contributed by atoms with E-state index in [-0.39, 0.29) is 17.5 Å². The van der Waals surface area contributed by atoms with E-state index >= 15 is 0 Å². The number of hydrogen-bond acceptors (Lipinski definition) is 7. The summed E-state index contributed by atoms with van der Waals surface area (Å²) in [6.45, 7) is 4.95. The molecule has 1 aromatic carbocycles. The molecule has 3 heterocycles. The Morgan fingerprint density at radius 1 is 1.30 bits per heavy atom. The van der Waals surface area contributed by atoms with E-state index in [0.717, 1.165) is 16.6 Å². The third kappa shape index (κ3) is 4.28. The Hall–Kier alpha value is -3.01. The Morgan fingerprint density at radius 3 is 2.93 bits per heavy atom. The number of carbonyl (C=O) groups is 1. The number of amides is 1. The fourth-order valence-corrected chi connectivity index (χ4v) is 4.15. The van der Waals surface area contributed by atoms with Gasteiger partial charge < -0.3 is 10.1 Å². The van der Waals surface area contributed by atoms with Gasteiger partial charge in [0.1, 0.15) is 16.6 Å². The monoisotopic (exact) mass is 428 g/mol. The van der Waals surface area contributed by atoms with E-state index in [2.05, 4.69) is 34.5 Å². The van der Waals surface area contributed by atoms with E-state index in [0.29, 0.717) is 37.5 Å². The average molecular weight is 429 g/mol. The third-order valence-electron chi connectivity index (χ3n) is 5.33. The summed E-state index contributed by atoms with van der Waals surface area (Å²) in [6.07, 6.45) is 1.86. The van der Waals surface area contributed by atoms with E-state index in [1.165, 1.54) is 27.1 Å². The number of ether oxygens (including phenoxy) is 1. The van der Waals surface area contributed by atoms with Gasteiger partial charge in [-0.1, -0.05) is 17.4 Å². The summed E-state index contributed by atoms with van der Waals surface area (Å²) in [5.41, 5.74) is 2.23. The van der Waals surface area contributed by atoms with Crippen LogP contribution in [0.3, 0.4) is 0 Å². The molecule has 0 aliphatic carbocycles. The van der Waals surface area contributed by atoms with Gasteiger partial charge in [-0.2, -0.15) is 5.10 Å². The minimum atomic E-state index is -0.292. The summed E-state index contributed by atoms with van der Waals surface area (Å²) in [6, 6.07) is 6.01. The van der Waals surface area contributed by atoms with Crippen LogP contribution in [0, 0.1) is 19.8 Å². The summed E-state index contributed by atoms with van der Waals surface area (Å²) >= 11 is 1.34. The lowest BCUT2D eigenvalue weighted by Crippen LogP contribution is -2.35. The first-order valence-electron chi connectivity index (χ1n) is 9.86. The molecule has 1 aliphatic heterocycles. The zero-order valence-electron chi connectivity index (χ0n) is 17.2. The lowest BCUT2D eigenvalue weighted by molar-refractivity contribution is -0.120. The minimum absolute atomic E-state index is 0.148. The molecule has 0 saturated heterocycles. The predicted molar refractivity (Wildman–Crippen MR) is 113 cm³/mol. The molecule has 1 aliphatic rings. The highest BCUT2D eigenvalue weighted by atomic mass is 32.1. The Balaban J connectivity index is 1.30. The summed E-state index contributed by atoms with van der Waals surface area (Å²) in [5, 5.41) is 16.5. The van der Waals surface area contributed by atoms with Crippen LogP contribution >= 0.6 is 11.3 Å². The Morgan fingerprint density at radius 2 is 2.13 bits per heavy atom. The predicted octanol–water partition coefficient (Wildman–Crippen LogP) is 1.87. The van der Waals surface area contributed by atoms with Crippen molar-refractivity contribution >= 4 is 22.4 Å². The maximum absolute atomic E-state index is 12.6. The van der Waals surface area contributed by atoms with Crippen LogP contribution in [0.5, 0.6) is 5.75 Å². The van der Waals surface area contributed by atoms with Gasteiger partial charge in [0, 0.05) is 26.4 Å². The van der Waals surface area contributed by atoms with Crippen molar-refractivity contribution in [1.82, 2.24) is 24.5 Å². The van der Waals surface area contributed by atoms with Gasteiger partial charge in [0.25, 0.3) is 0 Å². The van der Waals surface area contributed by atoms with Gasteiger partial charge >= 0.3 is 5.69 Å². The number of anilines is 1. The van der Waals surface area contributed by atoms with Gasteiger partial charge in [0.2, 0.25) is 11.0 Å². The molecule has 2 aromatic heterocycles. The molecule has 1 amide bonds. The van der Waals surface area contributed by atoms with E-state index in [9.17, 15) is 9.59 Å². The third-order valence-corrected chi connectivity index (χ3v) is 6.23. The lowest BCUT2D eigenvalue weighted by atomic mass is 9.99. The number of nitrogens with zero attached hydrogens (tertiary/aromatic N) is 5. The summed E-state index contributed by atoms with van der Waals surface area (Å²) in [5.74, 6) is 1.12. The minimum Gasteiger partial charge on any atom is -0.493 e. The maximum Gasteiger partial charge on any atom is 0.345 e. The number of fused-ring (bicyclic) bond motifs is 1. The first kappa shape index (κ1) is 20.3. The molecule has 1 unspecified atom stereocenters. The highest BCUT2D eigenvalue weighted by molar-refractivity contribution is 7.15. The van der Waals surface area contributed by atoms with Crippen molar-refractivity contribution in [2.75, 3.05) is 11.9 Å². The van der Waals surface area contributed by atoms with Crippen molar-refractivity contribution in [3.05, 3.63) is 50.6 Å². The number of nitrogens with one attached hydrogen (secondary N) is 1. The van der Waals surface area contributed by atoms with Gasteiger partial charge in [0.15, 0.2) is 0 Å². The molecule has 0 bridgehead atoms. The molecule has 0 fully saturated rings. The molecular formula is C20H24N6O3S. The second-order valence-corrected chi connectivity index (χ2v) is 8.57. The highest BCUT2D eigenvalue weighted by Crippen LogP contribution is 2.22. The van der Waals surface area contributed by atoms with Gasteiger partial charge in [-0.3, -0.25) is 9.36 Å². The number of aryl methyl sites for hydroxylation is 4. The first-order valence-corrected chi connectivity index (χ1v) is 10.7. The Bertz CT molecular complexity index is 1130. The second kappa shape index (κ2) is 8.39. The fraction of sp³-hybridized carbons (Fsp3) is 0.450. The van der Waals surface area contributed by atoms with Gasteiger partial charge in [-0.15, -0.1) is 10.2 Å². The van der Waals surface area contributed by atoms with Crippen LogP contribution in [0.4, 0.5) is 5.13 Å². The molecule has 10 heteroatoms. The number of aromatic nitrogens is 5. The van der Waals surface area contributed by atoms with E-state index in [1.54, 1.807) is 11.6 Å². The summed E-state index contributed by atoms with van der Waals surface area (Å²) in [4.78, 5) is 24.7.